The quantitative estimate of drug-likeness (QED) is 0.256. The number of carbonyl (C=O) groups is 1. The van der Waals surface area contributed by atoms with Crippen molar-refractivity contribution in [3.8, 4) is 10.6 Å². The molecule has 1 unspecified atom stereocenters. The Morgan fingerprint density at radius 3 is 2.82 bits per heavy atom. The van der Waals surface area contributed by atoms with Crippen molar-refractivity contribution in [1.29, 1.82) is 0 Å². The average molecular weight is 436 g/mol. The van der Waals surface area contributed by atoms with Gasteiger partial charge in [-0.3, -0.25) is 14.0 Å². The van der Waals surface area contributed by atoms with E-state index in [1.54, 1.807) is 12.1 Å². The lowest BCUT2D eigenvalue weighted by Gasteiger charge is -2.13. The molecule has 0 aliphatic rings. The van der Waals surface area contributed by atoms with Crippen molar-refractivity contribution in [2.75, 3.05) is 0 Å². The van der Waals surface area contributed by atoms with Crippen molar-refractivity contribution in [3.05, 3.63) is 70.2 Å². The highest BCUT2D eigenvalue weighted by molar-refractivity contribution is 7.90. The molecule has 0 aliphatic heterocycles. The summed E-state index contributed by atoms with van der Waals surface area (Å²) in [5.74, 6) is -0.706. The number of aryl methyl sites for hydroxylation is 1. The van der Waals surface area contributed by atoms with Gasteiger partial charge in [-0.1, -0.05) is 6.08 Å². The summed E-state index contributed by atoms with van der Waals surface area (Å²) >= 11 is 2.90. The molecular formula is C18H17N3O4S3. The van der Waals surface area contributed by atoms with Crippen molar-refractivity contribution in [2.45, 2.75) is 12.2 Å². The maximum absolute atomic E-state index is 13.1. The Kier molecular flexibility index (Phi) is 5.94. The van der Waals surface area contributed by atoms with Crippen LogP contribution in [0.3, 0.4) is 0 Å². The van der Waals surface area contributed by atoms with Gasteiger partial charge < -0.3 is 0 Å². The van der Waals surface area contributed by atoms with Gasteiger partial charge in [0.2, 0.25) is 10.0 Å². The third kappa shape index (κ3) is 4.14. The lowest BCUT2D eigenvalue weighted by molar-refractivity contribution is -0.124. The van der Waals surface area contributed by atoms with E-state index >= 15 is 0 Å². The van der Waals surface area contributed by atoms with E-state index in [1.165, 1.54) is 52.7 Å². The van der Waals surface area contributed by atoms with Crippen molar-refractivity contribution in [2.24, 2.45) is 0 Å². The predicted octanol–water partition coefficient (Wildman–Crippen LogP) is 3.61. The minimum atomic E-state index is -3.78. The van der Waals surface area contributed by atoms with Crippen molar-refractivity contribution < 1.29 is 18.4 Å². The molecule has 0 radical (unpaired) electrons. The number of aromatic nitrogens is 2. The number of rotatable bonds is 7. The molecule has 0 aromatic carbocycles. The van der Waals surface area contributed by atoms with E-state index in [4.69, 9.17) is 5.21 Å². The summed E-state index contributed by atoms with van der Waals surface area (Å²) in [6.07, 6.45) is 6.69. The number of carbonyl (C=O) groups excluding carboxylic acids is 1. The van der Waals surface area contributed by atoms with Crippen LogP contribution in [-0.4, -0.2) is 28.5 Å². The Balaban J connectivity index is 1.89. The van der Waals surface area contributed by atoms with E-state index < -0.39 is 21.2 Å². The molecule has 0 bridgehead atoms. The first-order valence-corrected chi connectivity index (χ1v) is 11.2. The Morgan fingerprint density at radius 1 is 1.39 bits per heavy atom. The van der Waals surface area contributed by atoms with Crippen LogP contribution in [0.2, 0.25) is 0 Å². The molecule has 10 heteroatoms. The molecule has 146 valence electrons. The van der Waals surface area contributed by atoms with Crippen LogP contribution < -0.4 is 5.48 Å². The summed E-state index contributed by atoms with van der Waals surface area (Å²) in [4.78, 5) is 17.0. The van der Waals surface area contributed by atoms with Crippen LogP contribution in [0.5, 0.6) is 0 Å². The van der Waals surface area contributed by atoms with Gasteiger partial charge in [0.1, 0.15) is 5.25 Å². The third-order valence-corrected chi connectivity index (χ3v) is 7.85. The summed E-state index contributed by atoms with van der Waals surface area (Å²) in [6.45, 7) is 5.62. The van der Waals surface area contributed by atoms with E-state index in [0.29, 0.717) is 10.4 Å². The summed E-state index contributed by atoms with van der Waals surface area (Å²) in [7, 11) is -3.78. The second-order valence-electron chi connectivity index (χ2n) is 5.74. The van der Waals surface area contributed by atoms with Crippen LogP contribution in [0.4, 0.5) is 0 Å². The van der Waals surface area contributed by atoms with Gasteiger partial charge in [-0.05, 0) is 36.8 Å². The van der Waals surface area contributed by atoms with Gasteiger partial charge in [0.05, 0.1) is 15.6 Å². The summed E-state index contributed by atoms with van der Waals surface area (Å²) in [5.41, 5.74) is 2.80. The summed E-state index contributed by atoms with van der Waals surface area (Å²) in [5, 5.41) is 10.5. The van der Waals surface area contributed by atoms with Gasteiger partial charge in [-0.2, -0.15) is 0 Å². The molecule has 3 aromatic rings. The molecule has 28 heavy (non-hydrogen) atoms. The summed E-state index contributed by atoms with van der Waals surface area (Å²) in [6, 6.07) is 5.18. The van der Waals surface area contributed by atoms with Crippen LogP contribution in [-0.2, 0) is 14.8 Å². The van der Waals surface area contributed by atoms with Crippen LogP contribution >= 0.6 is 22.7 Å². The number of amides is 1. The van der Waals surface area contributed by atoms with E-state index in [0.717, 1.165) is 25.6 Å². The second kappa shape index (κ2) is 8.23. The molecule has 1 atom stereocenters. The van der Waals surface area contributed by atoms with E-state index in [9.17, 15) is 13.2 Å². The van der Waals surface area contributed by atoms with Gasteiger partial charge in [0.25, 0.3) is 5.91 Å². The molecule has 0 saturated heterocycles. The standard InChI is InChI=1S/C18H17N3O4S3/c1-3-17(16-6-5-15(27-16)14-11-26-12(2)19-14)28(24,25)21-9-8-13(10-21)4-7-18(22)20-23/h3-11,17,23H,1H2,2H3,(H,20,22)/b7-4+. The lowest BCUT2D eigenvalue weighted by Crippen LogP contribution is -2.17. The number of thiophene rings is 1. The third-order valence-electron chi connectivity index (χ3n) is 3.84. The zero-order valence-electron chi connectivity index (χ0n) is 14.8. The second-order valence-corrected chi connectivity index (χ2v) is 9.88. The van der Waals surface area contributed by atoms with E-state index in [-0.39, 0.29) is 0 Å². The van der Waals surface area contributed by atoms with Crippen molar-refractivity contribution >= 4 is 44.7 Å². The summed E-state index contributed by atoms with van der Waals surface area (Å²) < 4.78 is 27.2. The minimum Gasteiger partial charge on any atom is -0.288 e. The largest absolute Gasteiger partial charge is 0.288 e. The van der Waals surface area contributed by atoms with Crippen LogP contribution in [0, 0.1) is 6.92 Å². The Morgan fingerprint density at radius 2 is 2.18 bits per heavy atom. The number of hydrogen-bond acceptors (Lipinski definition) is 7. The van der Waals surface area contributed by atoms with Gasteiger partial charge in [-0.25, -0.2) is 18.9 Å². The number of hydrogen-bond donors (Lipinski definition) is 2. The maximum Gasteiger partial charge on any atom is 0.267 e. The Hall–Kier alpha value is -2.53. The highest BCUT2D eigenvalue weighted by Crippen LogP contribution is 2.36. The fraction of sp³-hybridized carbons (Fsp3) is 0.111. The number of nitrogens with zero attached hydrogens (tertiary/aromatic N) is 2. The van der Waals surface area contributed by atoms with E-state index in [2.05, 4.69) is 11.6 Å². The molecule has 2 N–H and O–H groups in total. The highest BCUT2D eigenvalue weighted by Gasteiger charge is 2.27. The average Bonchev–Trinajstić information content (AvgIpc) is 3.40. The number of hydroxylamine groups is 1. The highest BCUT2D eigenvalue weighted by atomic mass is 32.2. The number of nitrogens with one attached hydrogen (secondary N) is 1. The topological polar surface area (TPSA) is 101 Å². The zero-order valence-corrected chi connectivity index (χ0v) is 17.2. The minimum absolute atomic E-state index is 0.500. The van der Waals surface area contributed by atoms with Crippen molar-refractivity contribution in [3.63, 3.8) is 0 Å². The molecule has 0 spiro atoms. The molecule has 0 aliphatic carbocycles. The molecule has 3 heterocycles. The maximum atomic E-state index is 13.1. The molecule has 0 fully saturated rings. The SMILES string of the molecule is C=CC(c1ccc(-c2csc(C)n2)s1)S(=O)(=O)n1ccc(/C=C/C(=O)NO)c1. The fourth-order valence-electron chi connectivity index (χ4n) is 2.49. The molecule has 3 aromatic heterocycles. The molecule has 7 nitrogen and oxygen atoms in total. The first kappa shape index (κ1) is 20.2. The van der Waals surface area contributed by atoms with Crippen LogP contribution in [0.15, 0.2) is 54.7 Å². The van der Waals surface area contributed by atoms with Gasteiger partial charge in [-0.15, -0.1) is 29.3 Å². The van der Waals surface area contributed by atoms with Gasteiger partial charge in [0.15, 0.2) is 0 Å². The molecule has 3 rings (SSSR count). The lowest BCUT2D eigenvalue weighted by atomic mass is 10.3. The first-order valence-electron chi connectivity index (χ1n) is 8.04. The van der Waals surface area contributed by atoms with Crippen molar-refractivity contribution in [1.82, 2.24) is 14.4 Å². The normalized spacial score (nSPS) is 12.9. The fourth-order valence-corrected chi connectivity index (χ4v) is 6.02. The van der Waals surface area contributed by atoms with E-state index in [1.807, 2.05) is 18.4 Å². The molecule has 1 amide bonds. The van der Waals surface area contributed by atoms with Crippen LogP contribution in [0.25, 0.3) is 16.6 Å². The van der Waals surface area contributed by atoms with Crippen LogP contribution in [0.1, 0.15) is 20.7 Å². The molecular weight excluding hydrogens is 418 g/mol. The predicted molar refractivity (Wildman–Crippen MR) is 111 cm³/mol. The molecule has 0 saturated carbocycles. The Labute approximate surface area is 170 Å². The van der Waals surface area contributed by atoms with Gasteiger partial charge in [0, 0.05) is 28.7 Å². The Bertz CT molecular complexity index is 1140. The first-order chi connectivity index (χ1) is 13.3. The number of thiazole rings is 1. The smallest absolute Gasteiger partial charge is 0.267 e. The monoisotopic (exact) mass is 435 g/mol. The van der Waals surface area contributed by atoms with Gasteiger partial charge >= 0.3 is 0 Å². The zero-order chi connectivity index (χ0) is 20.3.